The minimum atomic E-state index is -0.235. The number of nitrogens with one attached hydrogen (secondary N) is 1. The normalized spacial score (nSPS) is 16.7. The summed E-state index contributed by atoms with van der Waals surface area (Å²) in [5, 5.41) is 7.84. The van der Waals surface area contributed by atoms with E-state index in [1.807, 2.05) is 44.2 Å². The lowest BCUT2D eigenvalue weighted by Gasteiger charge is -2.33. The monoisotopic (exact) mass is 410 g/mol. The van der Waals surface area contributed by atoms with Crippen LogP contribution in [0.15, 0.2) is 47.0 Å². The van der Waals surface area contributed by atoms with Crippen LogP contribution in [-0.4, -0.2) is 27.6 Å². The number of likely N-dealkylation sites (tertiary alicyclic amines) is 1. The Labute approximate surface area is 174 Å². The van der Waals surface area contributed by atoms with E-state index in [2.05, 4.69) is 15.5 Å². The fourth-order valence-electron chi connectivity index (χ4n) is 3.71. The summed E-state index contributed by atoms with van der Waals surface area (Å²) < 4.78 is 5.55. The van der Waals surface area contributed by atoms with Gasteiger partial charge < -0.3 is 14.7 Å². The lowest BCUT2D eigenvalue weighted by molar-refractivity contribution is 0.142. The number of amides is 2. The van der Waals surface area contributed by atoms with Gasteiger partial charge in [0.05, 0.1) is 0 Å². The van der Waals surface area contributed by atoms with Crippen molar-refractivity contribution < 1.29 is 9.32 Å². The van der Waals surface area contributed by atoms with Gasteiger partial charge in [0, 0.05) is 22.8 Å². The Morgan fingerprint density at radius 1 is 1.14 bits per heavy atom. The van der Waals surface area contributed by atoms with Crippen LogP contribution < -0.4 is 5.32 Å². The summed E-state index contributed by atoms with van der Waals surface area (Å²) in [5.41, 5.74) is 3.76. The average Bonchev–Trinajstić information content (AvgIpc) is 3.21. The molecular formula is C22H23ClN4O2. The summed E-state index contributed by atoms with van der Waals surface area (Å²) in [6.07, 6.45) is 2.76. The predicted octanol–water partition coefficient (Wildman–Crippen LogP) is 5.77. The fraction of sp³-hybridized carbons (Fsp3) is 0.318. The molecule has 1 atom stereocenters. The summed E-state index contributed by atoms with van der Waals surface area (Å²) in [7, 11) is 0. The number of nitrogens with zero attached hydrogens (tertiary/aromatic N) is 3. The third-order valence-electron chi connectivity index (χ3n) is 5.31. The van der Waals surface area contributed by atoms with Crippen molar-refractivity contribution in [3.05, 3.63) is 64.5 Å². The molecule has 2 amide bonds. The third kappa shape index (κ3) is 4.12. The molecule has 0 spiro atoms. The van der Waals surface area contributed by atoms with Gasteiger partial charge in [-0.25, -0.2) is 4.79 Å². The first-order valence-electron chi connectivity index (χ1n) is 9.76. The standard InChI is InChI=1S/C22H23ClN4O2/c1-14-6-5-7-15(2)19(14)24-22(28)27-13-4-3-8-18(27)21-25-20(26-29-21)16-9-11-17(23)12-10-16/h5-7,9-12,18H,3-4,8,13H2,1-2H3,(H,24,28). The number of aromatic nitrogens is 2. The van der Waals surface area contributed by atoms with Crippen molar-refractivity contribution in [2.75, 3.05) is 11.9 Å². The van der Waals surface area contributed by atoms with Gasteiger partial charge in [0.2, 0.25) is 11.7 Å². The van der Waals surface area contributed by atoms with Crippen LogP contribution in [0.5, 0.6) is 0 Å². The van der Waals surface area contributed by atoms with Crippen molar-refractivity contribution in [2.45, 2.75) is 39.2 Å². The number of urea groups is 1. The van der Waals surface area contributed by atoms with Gasteiger partial charge in [-0.15, -0.1) is 0 Å². The number of rotatable bonds is 3. The summed E-state index contributed by atoms with van der Waals surface area (Å²) in [6.45, 7) is 4.64. The Hall–Kier alpha value is -2.86. The molecule has 0 bridgehead atoms. The molecule has 1 N–H and O–H groups in total. The van der Waals surface area contributed by atoms with Crippen LogP contribution in [0.25, 0.3) is 11.4 Å². The van der Waals surface area contributed by atoms with Crippen LogP contribution >= 0.6 is 11.6 Å². The number of hydrogen-bond acceptors (Lipinski definition) is 4. The number of carbonyl (C=O) groups excluding carboxylic acids is 1. The number of benzene rings is 2. The smallest absolute Gasteiger partial charge is 0.322 e. The summed E-state index contributed by atoms with van der Waals surface area (Å²) >= 11 is 5.95. The Bertz CT molecular complexity index is 996. The van der Waals surface area contributed by atoms with Crippen molar-refractivity contribution in [3.8, 4) is 11.4 Å². The highest BCUT2D eigenvalue weighted by Crippen LogP contribution is 2.32. The summed E-state index contributed by atoms with van der Waals surface area (Å²) in [6, 6.07) is 12.9. The summed E-state index contributed by atoms with van der Waals surface area (Å²) in [5.74, 6) is 0.962. The molecule has 6 nitrogen and oxygen atoms in total. The zero-order valence-corrected chi connectivity index (χ0v) is 17.2. The quantitative estimate of drug-likeness (QED) is 0.595. The molecule has 1 unspecified atom stereocenters. The maximum Gasteiger partial charge on any atom is 0.322 e. The molecule has 2 aromatic carbocycles. The minimum Gasteiger partial charge on any atom is -0.337 e. The van der Waals surface area contributed by atoms with Gasteiger partial charge in [0.15, 0.2) is 0 Å². The van der Waals surface area contributed by atoms with Crippen molar-refractivity contribution >= 4 is 23.3 Å². The first-order chi connectivity index (χ1) is 14.0. The molecule has 0 saturated carbocycles. The fourth-order valence-corrected chi connectivity index (χ4v) is 3.83. The van der Waals surface area contributed by atoms with Crippen molar-refractivity contribution in [2.24, 2.45) is 0 Å². The highest BCUT2D eigenvalue weighted by Gasteiger charge is 2.32. The van der Waals surface area contributed by atoms with Gasteiger partial charge in [0.25, 0.3) is 0 Å². The maximum atomic E-state index is 13.1. The topological polar surface area (TPSA) is 71.3 Å². The highest BCUT2D eigenvalue weighted by molar-refractivity contribution is 6.30. The lowest BCUT2D eigenvalue weighted by atomic mass is 10.0. The predicted molar refractivity (Wildman–Crippen MR) is 113 cm³/mol. The van der Waals surface area contributed by atoms with E-state index in [0.717, 1.165) is 41.6 Å². The first-order valence-corrected chi connectivity index (χ1v) is 10.1. The van der Waals surface area contributed by atoms with Gasteiger partial charge in [-0.05, 0) is 68.5 Å². The summed E-state index contributed by atoms with van der Waals surface area (Å²) in [4.78, 5) is 19.4. The van der Waals surface area contributed by atoms with Gasteiger partial charge in [-0.1, -0.05) is 35.0 Å². The Morgan fingerprint density at radius 3 is 2.59 bits per heavy atom. The molecular weight excluding hydrogens is 388 g/mol. The second-order valence-electron chi connectivity index (χ2n) is 7.37. The van der Waals surface area contributed by atoms with Gasteiger partial charge in [0.1, 0.15) is 6.04 Å². The van der Waals surface area contributed by atoms with Crippen LogP contribution in [0.3, 0.4) is 0 Å². The van der Waals surface area contributed by atoms with E-state index in [9.17, 15) is 4.79 Å². The van der Waals surface area contributed by atoms with Crippen LogP contribution in [0.1, 0.15) is 42.3 Å². The molecule has 0 aliphatic carbocycles. The van der Waals surface area contributed by atoms with Gasteiger partial charge >= 0.3 is 6.03 Å². The molecule has 2 heterocycles. The number of anilines is 1. The molecule has 1 aliphatic rings. The van der Waals surface area contributed by atoms with Crippen LogP contribution in [-0.2, 0) is 0 Å². The molecule has 1 saturated heterocycles. The molecule has 0 radical (unpaired) electrons. The number of halogens is 1. The molecule has 3 aromatic rings. The zero-order chi connectivity index (χ0) is 20.4. The molecule has 4 rings (SSSR count). The Balaban J connectivity index is 1.56. The van der Waals surface area contributed by atoms with Crippen LogP contribution in [0.4, 0.5) is 10.5 Å². The SMILES string of the molecule is Cc1cccc(C)c1NC(=O)N1CCCCC1c1nc(-c2ccc(Cl)cc2)no1. The van der Waals surface area contributed by atoms with E-state index in [1.165, 1.54) is 0 Å². The number of aryl methyl sites for hydroxylation is 2. The molecule has 1 aromatic heterocycles. The highest BCUT2D eigenvalue weighted by atomic mass is 35.5. The second kappa shape index (κ2) is 8.25. The molecule has 1 aliphatic heterocycles. The van der Waals surface area contributed by atoms with Crippen molar-refractivity contribution in [1.82, 2.24) is 15.0 Å². The molecule has 150 valence electrons. The number of hydrogen-bond donors (Lipinski definition) is 1. The van der Waals surface area contributed by atoms with Gasteiger partial charge in [-0.2, -0.15) is 4.98 Å². The molecule has 29 heavy (non-hydrogen) atoms. The van der Waals surface area contributed by atoms with Crippen molar-refractivity contribution in [1.29, 1.82) is 0 Å². The zero-order valence-electron chi connectivity index (χ0n) is 16.5. The molecule has 1 fully saturated rings. The number of piperidine rings is 1. The van der Waals surface area contributed by atoms with Crippen LogP contribution in [0, 0.1) is 13.8 Å². The van der Waals surface area contributed by atoms with E-state index in [4.69, 9.17) is 16.1 Å². The van der Waals surface area contributed by atoms with Crippen molar-refractivity contribution in [3.63, 3.8) is 0 Å². The van der Waals surface area contributed by atoms with Crippen LogP contribution in [0.2, 0.25) is 5.02 Å². The van der Waals surface area contributed by atoms with E-state index in [-0.39, 0.29) is 12.1 Å². The molecule has 7 heteroatoms. The minimum absolute atomic E-state index is 0.140. The maximum absolute atomic E-state index is 13.1. The number of carbonyl (C=O) groups is 1. The first kappa shape index (κ1) is 19.5. The Morgan fingerprint density at radius 2 is 1.86 bits per heavy atom. The largest absolute Gasteiger partial charge is 0.337 e. The second-order valence-corrected chi connectivity index (χ2v) is 7.80. The lowest BCUT2D eigenvalue weighted by Crippen LogP contribution is -2.41. The van der Waals surface area contributed by atoms with E-state index < -0.39 is 0 Å². The van der Waals surface area contributed by atoms with E-state index in [0.29, 0.717) is 23.3 Å². The Kier molecular flexibility index (Phi) is 5.53. The van der Waals surface area contributed by atoms with Gasteiger partial charge in [-0.3, -0.25) is 0 Å². The average molecular weight is 411 g/mol. The van der Waals surface area contributed by atoms with E-state index >= 15 is 0 Å². The third-order valence-corrected chi connectivity index (χ3v) is 5.56. The van der Waals surface area contributed by atoms with E-state index in [1.54, 1.807) is 17.0 Å². The number of para-hydroxylation sites is 1.